The fourth-order valence-corrected chi connectivity index (χ4v) is 3.07. The first kappa shape index (κ1) is 14.8. The summed E-state index contributed by atoms with van der Waals surface area (Å²) in [6, 6.07) is 9.52. The minimum Gasteiger partial charge on any atom is -0.466 e. The molecule has 0 bridgehead atoms. The fourth-order valence-electron chi connectivity index (χ4n) is 3.07. The standard InChI is InChI=1S/C16H20NO3/c1-15(2)12(11-9-7-6-8-10-11)13(14(18)20-5)16(3,4)17(15)19/h6-10H,1-5H3. The number of hydrogen-bond acceptors (Lipinski definition) is 3. The molecule has 1 radical (unpaired) electrons. The molecule has 1 aromatic carbocycles. The molecule has 1 aromatic rings. The van der Waals surface area contributed by atoms with Crippen molar-refractivity contribution in [2.75, 3.05) is 7.11 Å². The van der Waals surface area contributed by atoms with Gasteiger partial charge >= 0.3 is 5.97 Å². The van der Waals surface area contributed by atoms with Crippen molar-refractivity contribution in [2.45, 2.75) is 38.8 Å². The van der Waals surface area contributed by atoms with E-state index in [2.05, 4.69) is 0 Å². The van der Waals surface area contributed by atoms with E-state index >= 15 is 0 Å². The zero-order valence-corrected chi connectivity index (χ0v) is 12.6. The minimum atomic E-state index is -0.915. The lowest BCUT2D eigenvalue weighted by atomic mass is 9.86. The molecule has 2 rings (SSSR count). The average Bonchev–Trinajstić information content (AvgIpc) is 2.56. The van der Waals surface area contributed by atoms with Crippen LogP contribution in [0.25, 0.3) is 5.57 Å². The highest BCUT2D eigenvalue weighted by Gasteiger charge is 2.54. The summed E-state index contributed by atoms with van der Waals surface area (Å²) in [5, 5.41) is 13.6. The molecule has 0 atom stereocenters. The number of ether oxygens (including phenoxy) is 1. The number of carbonyl (C=O) groups is 1. The molecular weight excluding hydrogens is 254 g/mol. The predicted octanol–water partition coefficient (Wildman–Crippen LogP) is 2.83. The Morgan fingerprint density at radius 2 is 1.60 bits per heavy atom. The first-order valence-corrected chi connectivity index (χ1v) is 6.61. The van der Waals surface area contributed by atoms with Crippen molar-refractivity contribution in [3.8, 4) is 0 Å². The van der Waals surface area contributed by atoms with E-state index in [-0.39, 0.29) is 0 Å². The quantitative estimate of drug-likeness (QED) is 0.779. The Bertz CT molecular complexity index is 558. The van der Waals surface area contributed by atoms with Crippen molar-refractivity contribution in [3.05, 3.63) is 41.5 Å². The van der Waals surface area contributed by atoms with Crippen LogP contribution in [0.4, 0.5) is 0 Å². The van der Waals surface area contributed by atoms with E-state index in [0.29, 0.717) is 5.57 Å². The monoisotopic (exact) mass is 274 g/mol. The van der Waals surface area contributed by atoms with Gasteiger partial charge in [-0.2, -0.15) is 0 Å². The first-order chi connectivity index (χ1) is 9.24. The van der Waals surface area contributed by atoms with Gasteiger partial charge < -0.3 is 4.74 Å². The Morgan fingerprint density at radius 3 is 2.10 bits per heavy atom. The lowest BCUT2D eigenvalue weighted by molar-refractivity contribution is -0.237. The van der Waals surface area contributed by atoms with E-state index < -0.39 is 17.0 Å². The molecular formula is C16H20NO3. The molecule has 0 amide bonds. The number of rotatable bonds is 2. The number of carbonyl (C=O) groups excluding carboxylic acids is 1. The molecule has 20 heavy (non-hydrogen) atoms. The van der Waals surface area contributed by atoms with Crippen LogP contribution in [-0.4, -0.2) is 29.2 Å². The Balaban J connectivity index is 2.76. The SMILES string of the molecule is COC(=O)C1=C(c2ccccc2)C(C)(C)N([O])C1(C)C. The van der Waals surface area contributed by atoms with E-state index in [1.807, 2.05) is 44.2 Å². The van der Waals surface area contributed by atoms with Crippen LogP contribution < -0.4 is 0 Å². The summed E-state index contributed by atoms with van der Waals surface area (Å²) in [5.41, 5.74) is 0.358. The van der Waals surface area contributed by atoms with Crippen LogP contribution in [0.1, 0.15) is 33.3 Å². The highest BCUT2D eigenvalue weighted by molar-refractivity contribution is 6.03. The van der Waals surface area contributed by atoms with Gasteiger partial charge in [-0.25, -0.2) is 4.79 Å². The largest absolute Gasteiger partial charge is 0.466 e. The fraction of sp³-hybridized carbons (Fsp3) is 0.438. The number of nitrogens with zero attached hydrogens (tertiary/aromatic N) is 1. The predicted molar refractivity (Wildman–Crippen MR) is 76.1 cm³/mol. The summed E-state index contributed by atoms with van der Waals surface area (Å²) in [6.07, 6.45) is 0. The molecule has 1 heterocycles. The summed E-state index contributed by atoms with van der Waals surface area (Å²) in [4.78, 5) is 12.2. The summed E-state index contributed by atoms with van der Waals surface area (Å²) >= 11 is 0. The highest BCUT2D eigenvalue weighted by atomic mass is 16.5. The smallest absolute Gasteiger partial charge is 0.336 e. The molecule has 1 aliphatic rings. The molecule has 4 heteroatoms. The maximum Gasteiger partial charge on any atom is 0.336 e. The molecule has 1 aliphatic heterocycles. The third kappa shape index (κ3) is 1.96. The van der Waals surface area contributed by atoms with Gasteiger partial charge in [0.25, 0.3) is 0 Å². The molecule has 4 nitrogen and oxygen atoms in total. The normalized spacial score (nSPS) is 21.1. The molecule has 0 aliphatic carbocycles. The number of esters is 1. The van der Waals surface area contributed by atoms with Gasteiger partial charge in [-0.05, 0) is 38.8 Å². The van der Waals surface area contributed by atoms with E-state index in [0.717, 1.165) is 16.2 Å². The van der Waals surface area contributed by atoms with Gasteiger partial charge in [-0.3, -0.25) is 0 Å². The average molecular weight is 274 g/mol. The summed E-state index contributed by atoms with van der Waals surface area (Å²) in [7, 11) is 1.34. The zero-order chi connectivity index (χ0) is 15.1. The van der Waals surface area contributed by atoms with Gasteiger partial charge in [0.15, 0.2) is 0 Å². The molecule has 0 N–H and O–H groups in total. The van der Waals surface area contributed by atoms with E-state index in [9.17, 15) is 10.0 Å². The topological polar surface area (TPSA) is 49.4 Å². The van der Waals surface area contributed by atoms with E-state index in [4.69, 9.17) is 4.74 Å². The van der Waals surface area contributed by atoms with Crippen molar-refractivity contribution >= 4 is 11.5 Å². The van der Waals surface area contributed by atoms with Gasteiger partial charge in [0.1, 0.15) is 0 Å². The molecule has 107 valence electrons. The van der Waals surface area contributed by atoms with Gasteiger partial charge in [-0.1, -0.05) is 30.3 Å². The van der Waals surface area contributed by atoms with Gasteiger partial charge in [-0.15, -0.1) is 10.3 Å². The summed E-state index contributed by atoms with van der Waals surface area (Å²) in [6.45, 7) is 7.17. The van der Waals surface area contributed by atoms with Gasteiger partial charge in [0.2, 0.25) is 0 Å². The number of hydroxylamine groups is 2. The molecule has 0 spiro atoms. The molecule has 0 unspecified atom stereocenters. The number of hydrogen-bond donors (Lipinski definition) is 0. The van der Waals surface area contributed by atoms with Crippen LogP contribution in [0.15, 0.2) is 35.9 Å². The van der Waals surface area contributed by atoms with Crippen molar-refractivity contribution in [2.24, 2.45) is 0 Å². The third-order valence-corrected chi connectivity index (χ3v) is 3.94. The van der Waals surface area contributed by atoms with Crippen LogP contribution in [0.5, 0.6) is 0 Å². The maximum atomic E-state index is 12.6. The molecule has 0 saturated carbocycles. The Kier molecular flexibility index (Phi) is 3.48. The van der Waals surface area contributed by atoms with Crippen LogP contribution in [-0.2, 0) is 14.7 Å². The van der Waals surface area contributed by atoms with Crippen LogP contribution >= 0.6 is 0 Å². The van der Waals surface area contributed by atoms with Crippen molar-refractivity contribution in [1.29, 1.82) is 0 Å². The second-order valence-corrected chi connectivity index (χ2v) is 6.02. The number of methoxy groups -OCH3 is 1. The van der Waals surface area contributed by atoms with Gasteiger partial charge in [0, 0.05) is 0 Å². The minimum absolute atomic E-state index is 0.436. The molecule has 0 saturated heterocycles. The summed E-state index contributed by atoms with van der Waals surface area (Å²) < 4.78 is 4.90. The maximum absolute atomic E-state index is 12.6. The lowest BCUT2D eigenvalue weighted by Gasteiger charge is -2.34. The van der Waals surface area contributed by atoms with Crippen LogP contribution in [0, 0.1) is 0 Å². The Morgan fingerprint density at radius 1 is 1.05 bits per heavy atom. The molecule has 0 fully saturated rings. The van der Waals surface area contributed by atoms with Crippen molar-refractivity contribution in [3.63, 3.8) is 0 Å². The lowest BCUT2D eigenvalue weighted by Crippen LogP contribution is -2.48. The van der Waals surface area contributed by atoms with Gasteiger partial charge in [0.05, 0.1) is 23.8 Å². The second-order valence-electron chi connectivity index (χ2n) is 6.02. The zero-order valence-electron chi connectivity index (χ0n) is 12.6. The van der Waals surface area contributed by atoms with Crippen molar-refractivity contribution < 1.29 is 14.7 Å². The van der Waals surface area contributed by atoms with E-state index in [1.165, 1.54) is 7.11 Å². The second kappa shape index (κ2) is 4.72. The summed E-state index contributed by atoms with van der Waals surface area (Å²) in [5.74, 6) is -0.444. The van der Waals surface area contributed by atoms with E-state index in [1.54, 1.807) is 13.8 Å². The molecule has 0 aromatic heterocycles. The van der Waals surface area contributed by atoms with Crippen LogP contribution in [0.2, 0.25) is 0 Å². The Labute approximate surface area is 119 Å². The van der Waals surface area contributed by atoms with Crippen molar-refractivity contribution in [1.82, 2.24) is 5.06 Å². The number of benzene rings is 1. The van der Waals surface area contributed by atoms with Crippen LogP contribution in [0.3, 0.4) is 0 Å². The first-order valence-electron chi connectivity index (χ1n) is 6.61. The third-order valence-electron chi connectivity index (χ3n) is 3.94. The Hall–Kier alpha value is -1.65. The highest BCUT2D eigenvalue weighted by Crippen LogP contribution is 2.48.